The van der Waals surface area contributed by atoms with Crippen molar-refractivity contribution in [3.63, 3.8) is 0 Å². The van der Waals surface area contributed by atoms with Gasteiger partial charge in [0.1, 0.15) is 0 Å². The fraction of sp³-hybridized carbons (Fsp3) is 0.174. The van der Waals surface area contributed by atoms with Gasteiger partial charge in [0.2, 0.25) is 15.9 Å². The van der Waals surface area contributed by atoms with Crippen molar-refractivity contribution in [1.82, 2.24) is 4.31 Å². The molecular formula is C23H22Cl2N2O3S. The molecule has 0 aliphatic rings. The predicted octanol–water partition coefficient (Wildman–Crippen LogP) is 5.44. The smallest absolute Gasteiger partial charge is 0.243 e. The Morgan fingerprint density at radius 2 is 1.39 bits per heavy atom. The van der Waals surface area contributed by atoms with E-state index >= 15 is 0 Å². The lowest BCUT2D eigenvalue weighted by Crippen LogP contribution is -2.37. The van der Waals surface area contributed by atoms with E-state index in [0.29, 0.717) is 21.3 Å². The predicted molar refractivity (Wildman–Crippen MR) is 125 cm³/mol. The van der Waals surface area contributed by atoms with Gasteiger partial charge in [-0.3, -0.25) is 4.79 Å². The van der Waals surface area contributed by atoms with Crippen LogP contribution >= 0.6 is 23.2 Å². The van der Waals surface area contributed by atoms with Gasteiger partial charge < -0.3 is 5.32 Å². The fourth-order valence-corrected chi connectivity index (χ4v) is 4.76. The third-order valence-electron chi connectivity index (χ3n) is 4.79. The monoisotopic (exact) mass is 476 g/mol. The standard InChI is InChI=1S/C23H22Cl2N2O3S/c1-16-4-3-5-17(2)23(16)26-22(28)15-27(14-18-6-8-19(24)9-7-18)31(29,30)21-12-10-20(25)11-13-21/h3-13H,14-15H2,1-2H3,(H,26,28). The minimum absolute atomic E-state index is 0.0162. The molecular weight excluding hydrogens is 455 g/mol. The Morgan fingerprint density at radius 3 is 1.94 bits per heavy atom. The van der Waals surface area contributed by atoms with Gasteiger partial charge >= 0.3 is 0 Å². The van der Waals surface area contributed by atoms with Crippen molar-refractivity contribution in [2.75, 3.05) is 11.9 Å². The average Bonchev–Trinajstić information content (AvgIpc) is 2.72. The maximum Gasteiger partial charge on any atom is 0.243 e. The van der Waals surface area contributed by atoms with Gasteiger partial charge in [-0.15, -0.1) is 0 Å². The fourth-order valence-electron chi connectivity index (χ4n) is 3.13. The van der Waals surface area contributed by atoms with E-state index in [1.165, 1.54) is 24.3 Å². The number of nitrogens with one attached hydrogen (secondary N) is 1. The molecule has 0 spiro atoms. The van der Waals surface area contributed by atoms with Crippen LogP contribution in [0.25, 0.3) is 0 Å². The van der Waals surface area contributed by atoms with Crippen LogP contribution in [0.2, 0.25) is 10.0 Å². The number of hydrogen-bond donors (Lipinski definition) is 1. The van der Waals surface area contributed by atoms with Crippen molar-refractivity contribution < 1.29 is 13.2 Å². The highest BCUT2D eigenvalue weighted by atomic mass is 35.5. The number of nitrogens with zero attached hydrogens (tertiary/aromatic N) is 1. The number of anilines is 1. The molecule has 0 fully saturated rings. The molecule has 162 valence electrons. The zero-order valence-corrected chi connectivity index (χ0v) is 19.4. The minimum Gasteiger partial charge on any atom is -0.324 e. The maximum absolute atomic E-state index is 13.3. The molecule has 0 saturated carbocycles. The molecule has 1 N–H and O–H groups in total. The number of para-hydroxylation sites is 1. The SMILES string of the molecule is Cc1cccc(C)c1NC(=O)CN(Cc1ccc(Cl)cc1)S(=O)(=O)c1ccc(Cl)cc1. The van der Waals surface area contributed by atoms with Crippen LogP contribution in [0.5, 0.6) is 0 Å². The number of carbonyl (C=O) groups is 1. The van der Waals surface area contributed by atoms with Crippen LogP contribution in [-0.2, 0) is 21.4 Å². The van der Waals surface area contributed by atoms with E-state index in [-0.39, 0.29) is 18.0 Å². The number of rotatable bonds is 7. The third kappa shape index (κ3) is 5.86. The second-order valence-corrected chi connectivity index (χ2v) is 9.98. The highest BCUT2D eigenvalue weighted by Crippen LogP contribution is 2.23. The van der Waals surface area contributed by atoms with Crippen LogP contribution in [-0.4, -0.2) is 25.2 Å². The first-order chi connectivity index (χ1) is 14.7. The van der Waals surface area contributed by atoms with Crippen LogP contribution < -0.4 is 5.32 Å². The van der Waals surface area contributed by atoms with Crippen LogP contribution in [0.4, 0.5) is 5.69 Å². The average molecular weight is 477 g/mol. The van der Waals surface area contributed by atoms with E-state index < -0.39 is 15.9 Å². The summed E-state index contributed by atoms with van der Waals surface area (Å²) in [4.78, 5) is 12.9. The summed E-state index contributed by atoms with van der Waals surface area (Å²) >= 11 is 11.8. The third-order valence-corrected chi connectivity index (χ3v) is 7.10. The Labute approximate surface area is 192 Å². The summed E-state index contributed by atoms with van der Waals surface area (Å²) in [7, 11) is -3.95. The lowest BCUT2D eigenvalue weighted by atomic mass is 10.1. The first-order valence-electron chi connectivity index (χ1n) is 9.53. The molecule has 0 aliphatic carbocycles. The molecule has 3 aromatic carbocycles. The first-order valence-corrected chi connectivity index (χ1v) is 11.7. The van der Waals surface area contributed by atoms with Crippen molar-refractivity contribution in [2.45, 2.75) is 25.3 Å². The van der Waals surface area contributed by atoms with Gasteiger partial charge in [-0.25, -0.2) is 8.42 Å². The van der Waals surface area contributed by atoms with E-state index in [0.717, 1.165) is 15.4 Å². The van der Waals surface area contributed by atoms with Crippen LogP contribution in [0.15, 0.2) is 71.6 Å². The molecule has 0 unspecified atom stereocenters. The molecule has 3 aromatic rings. The second-order valence-electron chi connectivity index (χ2n) is 7.17. The summed E-state index contributed by atoms with van der Waals surface area (Å²) in [6.45, 7) is 3.45. The van der Waals surface area contributed by atoms with E-state index in [1.54, 1.807) is 24.3 Å². The number of sulfonamides is 1. The maximum atomic E-state index is 13.3. The zero-order chi connectivity index (χ0) is 22.6. The van der Waals surface area contributed by atoms with Crippen LogP contribution in [0, 0.1) is 13.8 Å². The Morgan fingerprint density at radius 1 is 0.871 bits per heavy atom. The summed E-state index contributed by atoms with van der Waals surface area (Å²) < 4.78 is 27.8. The summed E-state index contributed by atoms with van der Waals surface area (Å²) in [6.07, 6.45) is 0. The summed E-state index contributed by atoms with van der Waals surface area (Å²) in [5, 5.41) is 3.82. The Hall–Kier alpha value is -2.38. The van der Waals surface area contributed by atoms with Crippen molar-refractivity contribution in [1.29, 1.82) is 0 Å². The normalized spacial score (nSPS) is 11.5. The number of amides is 1. The van der Waals surface area contributed by atoms with Crippen LogP contribution in [0.3, 0.4) is 0 Å². The number of benzene rings is 3. The lowest BCUT2D eigenvalue weighted by molar-refractivity contribution is -0.116. The van der Waals surface area contributed by atoms with Gasteiger partial charge in [-0.2, -0.15) is 4.31 Å². The number of aryl methyl sites for hydroxylation is 2. The molecule has 0 saturated heterocycles. The van der Waals surface area contributed by atoms with Gasteiger partial charge in [0.05, 0.1) is 11.4 Å². The molecule has 0 heterocycles. The highest BCUT2D eigenvalue weighted by Gasteiger charge is 2.27. The molecule has 0 bridgehead atoms. The largest absolute Gasteiger partial charge is 0.324 e. The quantitative estimate of drug-likeness (QED) is 0.493. The number of halogens is 2. The second kappa shape index (κ2) is 9.83. The molecule has 1 amide bonds. The van der Waals surface area contributed by atoms with Gasteiger partial charge in [0, 0.05) is 22.3 Å². The number of carbonyl (C=O) groups excluding carboxylic acids is 1. The van der Waals surface area contributed by atoms with Gasteiger partial charge in [0.25, 0.3) is 0 Å². The van der Waals surface area contributed by atoms with E-state index in [9.17, 15) is 13.2 Å². The number of hydrogen-bond acceptors (Lipinski definition) is 3. The van der Waals surface area contributed by atoms with E-state index in [2.05, 4.69) is 5.32 Å². The van der Waals surface area contributed by atoms with E-state index in [4.69, 9.17) is 23.2 Å². The topological polar surface area (TPSA) is 66.5 Å². The summed E-state index contributed by atoms with van der Waals surface area (Å²) in [5.41, 5.74) is 3.20. The van der Waals surface area contributed by atoms with Crippen LogP contribution in [0.1, 0.15) is 16.7 Å². The Kier molecular flexibility index (Phi) is 7.38. The molecule has 31 heavy (non-hydrogen) atoms. The molecule has 8 heteroatoms. The highest BCUT2D eigenvalue weighted by molar-refractivity contribution is 7.89. The first kappa shape index (κ1) is 23.3. The summed E-state index contributed by atoms with van der Waals surface area (Å²) in [6, 6.07) is 18.4. The zero-order valence-electron chi connectivity index (χ0n) is 17.1. The van der Waals surface area contributed by atoms with Crippen molar-refractivity contribution in [3.8, 4) is 0 Å². The van der Waals surface area contributed by atoms with Crippen molar-refractivity contribution in [3.05, 3.63) is 93.5 Å². The Balaban J connectivity index is 1.90. The minimum atomic E-state index is -3.95. The summed E-state index contributed by atoms with van der Waals surface area (Å²) in [5.74, 6) is -0.427. The molecule has 0 atom stereocenters. The molecule has 0 aliphatic heterocycles. The van der Waals surface area contributed by atoms with Crippen molar-refractivity contribution >= 4 is 44.8 Å². The van der Waals surface area contributed by atoms with Gasteiger partial charge in [-0.05, 0) is 66.9 Å². The van der Waals surface area contributed by atoms with Crippen molar-refractivity contribution in [2.24, 2.45) is 0 Å². The molecule has 0 radical (unpaired) electrons. The molecule has 0 aromatic heterocycles. The Bertz CT molecular complexity index is 1160. The lowest BCUT2D eigenvalue weighted by Gasteiger charge is -2.22. The molecule has 3 rings (SSSR count). The van der Waals surface area contributed by atoms with Gasteiger partial charge in [-0.1, -0.05) is 53.5 Å². The van der Waals surface area contributed by atoms with E-state index in [1.807, 2.05) is 32.0 Å². The van der Waals surface area contributed by atoms with Gasteiger partial charge in [0.15, 0.2) is 0 Å². The molecule has 5 nitrogen and oxygen atoms in total.